The van der Waals surface area contributed by atoms with E-state index in [1.165, 1.54) is 12.8 Å². The fourth-order valence-electron chi connectivity index (χ4n) is 2.83. The Labute approximate surface area is 123 Å². The first-order valence-corrected chi connectivity index (χ1v) is 7.95. The number of benzene rings is 1. The van der Waals surface area contributed by atoms with Crippen molar-refractivity contribution < 1.29 is 4.74 Å². The van der Waals surface area contributed by atoms with Gasteiger partial charge in [0.15, 0.2) is 0 Å². The van der Waals surface area contributed by atoms with Crippen LogP contribution in [0.3, 0.4) is 0 Å². The van der Waals surface area contributed by atoms with Crippen LogP contribution < -0.4 is 10.1 Å². The summed E-state index contributed by atoms with van der Waals surface area (Å²) in [6.07, 6.45) is 2.82. The van der Waals surface area contributed by atoms with Gasteiger partial charge in [-0.3, -0.25) is 4.90 Å². The number of halogens is 1. The molecule has 1 saturated carbocycles. The number of hydrogen-bond donors (Lipinski definition) is 1. The van der Waals surface area contributed by atoms with Crippen molar-refractivity contribution in [2.45, 2.75) is 18.9 Å². The molecule has 2 aliphatic rings. The summed E-state index contributed by atoms with van der Waals surface area (Å²) >= 11 is 3.47. The molecular weight excluding hydrogens is 304 g/mol. The second-order valence-corrected chi connectivity index (χ2v) is 6.37. The normalized spacial score (nSPS) is 24.4. The van der Waals surface area contributed by atoms with E-state index in [9.17, 15) is 0 Å². The molecular formula is C15H21BrN2O. The van der Waals surface area contributed by atoms with E-state index in [1.807, 2.05) is 24.3 Å². The molecule has 0 spiro atoms. The number of nitrogens with zero attached hydrogens (tertiary/aromatic N) is 1. The van der Waals surface area contributed by atoms with Gasteiger partial charge in [-0.1, -0.05) is 22.0 Å². The Morgan fingerprint density at radius 2 is 2.26 bits per heavy atom. The van der Waals surface area contributed by atoms with E-state index in [1.54, 1.807) is 0 Å². The molecule has 0 radical (unpaired) electrons. The molecule has 2 fully saturated rings. The van der Waals surface area contributed by atoms with Gasteiger partial charge < -0.3 is 10.1 Å². The summed E-state index contributed by atoms with van der Waals surface area (Å²) in [5.74, 6) is 1.88. The topological polar surface area (TPSA) is 24.5 Å². The van der Waals surface area contributed by atoms with E-state index >= 15 is 0 Å². The molecule has 104 valence electrons. The van der Waals surface area contributed by atoms with Gasteiger partial charge in [0.05, 0.1) is 0 Å². The summed E-state index contributed by atoms with van der Waals surface area (Å²) in [6.45, 7) is 5.24. The molecule has 1 aromatic carbocycles. The van der Waals surface area contributed by atoms with Crippen molar-refractivity contribution >= 4 is 15.9 Å². The van der Waals surface area contributed by atoms with E-state index in [2.05, 4.69) is 26.1 Å². The third-order valence-electron chi connectivity index (χ3n) is 4.01. The van der Waals surface area contributed by atoms with Crippen LogP contribution in [0.5, 0.6) is 5.75 Å². The number of nitrogens with one attached hydrogen (secondary N) is 1. The highest BCUT2D eigenvalue weighted by atomic mass is 79.9. The smallest absolute Gasteiger partial charge is 0.120 e. The van der Waals surface area contributed by atoms with Gasteiger partial charge in [0.2, 0.25) is 0 Å². The van der Waals surface area contributed by atoms with Crippen molar-refractivity contribution in [3.63, 3.8) is 0 Å². The van der Waals surface area contributed by atoms with Gasteiger partial charge in [-0.05, 0) is 37.0 Å². The molecule has 1 saturated heterocycles. The van der Waals surface area contributed by atoms with Crippen molar-refractivity contribution in [3.8, 4) is 5.75 Å². The fourth-order valence-corrected chi connectivity index (χ4v) is 3.21. The number of ether oxygens (including phenoxy) is 1. The third-order valence-corrected chi connectivity index (χ3v) is 4.50. The van der Waals surface area contributed by atoms with Crippen molar-refractivity contribution in [1.82, 2.24) is 10.2 Å². The minimum absolute atomic E-state index is 0.736. The van der Waals surface area contributed by atoms with Gasteiger partial charge >= 0.3 is 0 Å². The molecule has 19 heavy (non-hydrogen) atoms. The molecule has 1 heterocycles. The first-order chi connectivity index (χ1) is 9.33. The van der Waals surface area contributed by atoms with E-state index in [-0.39, 0.29) is 0 Å². The first kappa shape index (κ1) is 13.4. The van der Waals surface area contributed by atoms with Gasteiger partial charge in [0.25, 0.3) is 0 Å². The van der Waals surface area contributed by atoms with E-state index < -0.39 is 0 Å². The van der Waals surface area contributed by atoms with Crippen molar-refractivity contribution in [2.24, 2.45) is 5.92 Å². The van der Waals surface area contributed by atoms with Crippen LogP contribution in [0.15, 0.2) is 28.7 Å². The van der Waals surface area contributed by atoms with Crippen LogP contribution in [-0.4, -0.2) is 43.7 Å². The maximum absolute atomic E-state index is 5.85. The fraction of sp³-hybridized carbons (Fsp3) is 0.600. The Morgan fingerprint density at radius 1 is 1.37 bits per heavy atom. The largest absolute Gasteiger partial charge is 0.492 e. The Morgan fingerprint density at radius 3 is 3.05 bits per heavy atom. The minimum Gasteiger partial charge on any atom is -0.492 e. The van der Waals surface area contributed by atoms with Crippen LogP contribution in [0.25, 0.3) is 0 Å². The van der Waals surface area contributed by atoms with Crippen LogP contribution in [0.2, 0.25) is 0 Å². The maximum Gasteiger partial charge on any atom is 0.120 e. The van der Waals surface area contributed by atoms with Crippen molar-refractivity contribution in [2.75, 3.05) is 32.8 Å². The molecule has 1 aliphatic carbocycles. The monoisotopic (exact) mass is 324 g/mol. The van der Waals surface area contributed by atoms with Crippen LogP contribution in [0.1, 0.15) is 12.8 Å². The van der Waals surface area contributed by atoms with Crippen LogP contribution in [-0.2, 0) is 0 Å². The van der Waals surface area contributed by atoms with E-state index in [4.69, 9.17) is 4.74 Å². The third kappa shape index (κ3) is 3.71. The summed E-state index contributed by atoms with van der Waals surface area (Å²) in [5, 5.41) is 3.51. The highest BCUT2D eigenvalue weighted by Gasteiger charge is 2.36. The average Bonchev–Trinajstić information content (AvgIpc) is 3.24. The summed E-state index contributed by atoms with van der Waals surface area (Å²) in [5.41, 5.74) is 0. The molecule has 1 unspecified atom stereocenters. The molecule has 1 N–H and O–H groups in total. The highest BCUT2D eigenvalue weighted by molar-refractivity contribution is 9.10. The lowest BCUT2D eigenvalue weighted by atomic mass is 10.1. The predicted molar refractivity (Wildman–Crippen MR) is 80.6 cm³/mol. The zero-order valence-corrected chi connectivity index (χ0v) is 12.7. The summed E-state index contributed by atoms with van der Waals surface area (Å²) in [7, 11) is 0. The molecule has 1 aromatic rings. The lowest BCUT2D eigenvalue weighted by Gasteiger charge is -2.36. The Bertz CT molecular complexity index is 422. The number of hydrogen-bond acceptors (Lipinski definition) is 3. The molecule has 3 nitrogen and oxygen atoms in total. The summed E-state index contributed by atoms with van der Waals surface area (Å²) in [6, 6.07) is 8.81. The van der Waals surface area contributed by atoms with Gasteiger partial charge in [0.1, 0.15) is 12.4 Å². The molecule has 0 amide bonds. The number of piperazine rings is 1. The van der Waals surface area contributed by atoms with E-state index in [0.717, 1.165) is 55.0 Å². The average molecular weight is 325 g/mol. The van der Waals surface area contributed by atoms with Crippen LogP contribution in [0, 0.1) is 5.92 Å². The van der Waals surface area contributed by atoms with Crippen molar-refractivity contribution in [1.29, 1.82) is 0 Å². The highest BCUT2D eigenvalue weighted by Crippen LogP contribution is 2.35. The predicted octanol–water partition coefficient (Wildman–Crippen LogP) is 2.51. The van der Waals surface area contributed by atoms with E-state index in [0.29, 0.717) is 0 Å². The second kappa shape index (κ2) is 6.25. The van der Waals surface area contributed by atoms with Crippen LogP contribution in [0.4, 0.5) is 0 Å². The van der Waals surface area contributed by atoms with Gasteiger partial charge in [-0.15, -0.1) is 0 Å². The molecule has 0 aromatic heterocycles. The minimum atomic E-state index is 0.736. The summed E-state index contributed by atoms with van der Waals surface area (Å²) in [4.78, 5) is 2.60. The Kier molecular flexibility index (Phi) is 4.41. The number of rotatable bonds is 5. The van der Waals surface area contributed by atoms with Gasteiger partial charge in [-0.25, -0.2) is 0 Å². The molecule has 3 rings (SSSR count). The SMILES string of the molecule is Brc1cccc(OCCN2CCNCC2C2CC2)c1. The standard InChI is InChI=1S/C15H21BrN2O/c16-13-2-1-3-14(10-13)19-9-8-18-7-6-17-11-15(18)12-4-5-12/h1-3,10,12,15,17H,4-9,11H2. The molecule has 0 bridgehead atoms. The molecule has 1 aliphatic heterocycles. The first-order valence-electron chi connectivity index (χ1n) is 7.16. The Balaban J connectivity index is 1.48. The van der Waals surface area contributed by atoms with Gasteiger partial charge in [0, 0.05) is 36.7 Å². The maximum atomic E-state index is 5.85. The van der Waals surface area contributed by atoms with Gasteiger partial charge in [-0.2, -0.15) is 0 Å². The molecule has 1 atom stereocenters. The quantitative estimate of drug-likeness (QED) is 0.900. The van der Waals surface area contributed by atoms with Crippen LogP contribution >= 0.6 is 15.9 Å². The second-order valence-electron chi connectivity index (χ2n) is 5.45. The van der Waals surface area contributed by atoms with Crippen molar-refractivity contribution in [3.05, 3.63) is 28.7 Å². The summed E-state index contributed by atoms with van der Waals surface area (Å²) < 4.78 is 6.92. The molecule has 4 heteroatoms. The lowest BCUT2D eigenvalue weighted by Crippen LogP contribution is -2.53. The lowest BCUT2D eigenvalue weighted by molar-refractivity contribution is 0.120. The zero-order valence-electron chi connectivity index (χ0n) is 11.1. The zero-order chi connectivity index (χ0) is 13.1. The Hall–Kier alpha value is -0.580.